The van der Waals surface area contributed by atoms with Crippen molar-refractivity contribution in [3.05, 3.63) is 47.5 Å². The predicted molar refractivity (Wildman–Crippen MR) is 81.0 cm³/mol. The van der Waals surface area contributed by atoms with Crippen LogP contribution in [0.2, 0.25) is 0 Å². The normalized spacial score (nSPS) is 11.3. The van der Waals surface area contributed by atoms with Gasteiger partial charge in [0.2, 0.25) is 0 Å². The number of anilines is 1. The van der Waals surface area contributed by atoms with Crippen molar-refractivity contribution in [2.24, 2.45) is 0 Å². The Morgan fingerprint density at radius 2 is 2.09 bits per heavy atom. The van der Waals surface area contributed by atoms with Gasteiger partial charge in [-0.05, 0) is 31.5 Å². The van der Waals surface area contributed by atoms with E-state index in [1.165, 1.54) is 6.07 Å². The molecule has 0 unspecified atom stereocenters. The molecule has 7 heteroatoms. The van der Waals surface area contributed by atoms with Gasteiger partial charge in [0.25, 0.3) is 0 Å². The van der Waals surface area contributed by atoms with E-state index < -0.39 is 11.7 Å². The molecule has 1 aromatic heterocycles. The third-order valence-electron chi connectivity index (χ3n) is 3.67. The Bertz CT molecular complexity index is 713. The largest absolute Gasteiger partial charge is 0.416 e. The number of alkyl halides is 3. The maximum Gasteiger partial charge on any atom is 0.416 e. The van der Waals surface area contributed by atoms with Crippen LogP contribution in [0.4, 0.5) is 18.9 Å². The summed E-state index contributed by atoms with van der Waals surface area (Å²) in [7, 11) is 1.77. The van der Waals surface area contributed by atoms with Crippen LogP contribution in [0.15, 0.2) is 30.6 Å². The molecule has 0 amide bonds. The fraction of sp³-hybridized carbons (Fsp3) is 0.375. The molecule has 2 aromatic rings. The first-order valence-corrected chi connectivity index (χ1v) is 7.13. The highest BCUT2D eigenvalue weighted by molar-refractivity contribution is 5.60. The summed E-state index contributed by atoms with van der Waals surface area (Å²) in [4.78, 5) is 5.93. The minimum absolute atomic E-state index is 0.0288. The smallest absolute Gasteiger partial charge is 0.373 e. The van der Waals surface area contributed by atoms with E-state index in [0.717, 1.165) is 30.9 Å². The Hall–Kier alpha value is -2.49. The lowest BCUT2D eigenvalue weighted by Gasteiger charge is -2.21. The third-order valence-corrected chi connectivity index (χ3v) is 3.67. The van der Waals surface area contributed by atoms with Gasteiger partial charge in [0.1, 0.15) is 11.9 Å². The van der Waals surface area contributed by atoms with Crippen molar-refractivity contribution < 1.29 is 13.2 Å². The molecule has 0 bridgehead atoms. The molecular weight excluding hydrogens is 305 g/mol. The van der Waals surface area contributed by atoms with E-state index in [2.05, 4.69) is 4.98 Å². The number of nitriles is 1. The lowest BCUT2D eigenvalue weighted by Crippen LogP contribution is -2.21. The van der Waals surface area contributed by atoms with E-state index in [1.54, 1.807) is 18.1 Å². The summed E-state index contributed by atoms with van der Waals surface area (Å²) in [6, 6.07) is 5.10. The van der Waals surface area contributed by atoms with Crippen LogP contribution in [0, 0.1) is 18.3 Å². The second kappa shape index (κ2) is 6.73. The second-order valence-corrected chi connectivity index (χ2v) is 5.28. The quantitative estimate of drug-likeness (QED) is 0.845. The van der Waals surface area contributed by atoms with Gasteiger partial charge in [0, 0.05) is 32.5 Å². The van der Waals surface area contributed by atoms with Crippen molar-refractivity contribution in [1.82, 2.24) is 9.55 Å². The summed E-state index contributed by atoms with van der Waals surface area (Å²) in [6.45, 7) is 3.30. The highest BCUT2D eigenvalue weighted by Crippen LogP contribution is 2.32. The molecular formula is C16H17F3N4. The van der Waals surface area contributed by atoms with Crippen molar-refractivity contribution in [1.29, 1.82) is 5.26 Å². The number of halogens is 3. The first kappa shape index (κ1) is 16.9. The number of hydrogen-bond donors (Lipinski definition) is 0. The van der Waals surface area contributed by atoms with Gasteiger partial charge < -0.3 is 9.47 Å². The lowest BCUT2D eigenvalue weighted by molar-refractivity contribution is -0.137. The summed E-state index contributed by atoms with van der Waals surface area (Å²) in [5.74, 6) is 0.917. The molecule has 0 spiro atoms. The standard InChI is InChI=1S/C16H17F3N4/c1-12-21-6-9-23(12)8-3-7-22(2)15-5-4-14(16(17,18)19)10-13(15)11-20/h4-6,9-10H,3,7-8H2,1-2H3. The average Bonchev–Trinajstić information content (AvgIpc) is 2.91. The Labute approximate surface area is 132 Å². The van der Waals surface area contributed by atoms with E-state index >= 15 is 0 Å². The Morgan fingerprint density at radius 3 is 2.65 bits per heavy atom. The van der Waals surface area contributed by atoms with Crippen molar-refractivity contribution >= 4 is 5.69 Å². The van der Waals surface area contributed by atoms with Gasteiger partial charge in [0.05, 0.1) is 16.8 Å². The van der Waals surface area contributed by atoms with Crippen molar-refractivity contribution in [3.8, 4) is 6.07 Å². The van der Waals surface area contributed by atoms with Crippen LogP contribution in [0.1, 0.15) is 23.4 Å². The highest BCUT2D eigenvalue weighted by Gasteiger charge is 2.31. The summed E-state index contributed by atoms with van der Waals surface area (Å²) >= 11 is 0. The number of nitrogens with zero attached hydrogens (tertiary/aromatic N) is 4. The zero-order valence-electron chi connectivity index (χ0n) is 12.9. The molecule has 0 N–H and O–H groups in total. The number of aryl methyl sites for hydroxylation is 2. The van der Waals surface area contributed by atoms with E-state index in [-0.39, 0.29) is 5.56 Å². The molecule has 0 aliphatic carbocycles. The van der Waals surface area contributed by atoms with Gasteiger partial charge in [-0.2, -0.15) is 18.4 Å². The van der Waals surface area contributed by atoms with Crippen LogP contribution in [0.5, 0.6) is 0 Å². The second-order valence-electron chi connectivity index (χ2n) is 5.28. The van der Waals surface area contributed by atoms with Crippen LogP contribution in [0.25, 0.3) is 0 Å². The zero-order valence-corrected chi connectivity index (χ0v) is 12.9. The number of rotatable bonds is 5. The van der Waals surface area contributed by atoms with E-state index in [1.807, 2.05) is 23.8 Å². The van der Waals surface area contributed by atoms with Crippen molar-refractivity contribution in [3.63, 3.8) is 0 Å². The van der Waals surface area contributed by atoms with Gasteiger partial charge in [0.15, 0.2) is 0 Å². The monoisotopic (exact) mass is 322 g/mol. The average molecular weight is 322 g/mol. The number of aromatic nitrogens is 2. The molecule has 4 nitrogen and oxygen atoms in total. The molecule has 1 heterocycles. The van der Waals surface area contributed by atoms with Crippen LogP contribution < -0.4 is 4.90 Å². The molecule has 0 saturated heterocycles. The Kier molecular flexibility index (Phi) is 4.94. The maximum atomic E-state index is 12.7. The molecule has 0 saturated carbocycles. The molecule has 0 atom stereocenters. The topological polar surface area (TPSA) is 44.9 Å². The van der Waals surface area contributed by atoms with Crippen LogP contribution >= 0.6 is 0 Å². The SMILES string of the molecule is Cc1nccn1CCCN(C)c1ccc(C(F)(F)F)cc1C#N. The van der Waals surface area contributed by atoms with Crippen LogP contribution in [-0.4, -0.2) is 23.1 Å². The Balaban J connectivity index is 2.06. The summed E-state index contributed by atoms with van der Waals surface area (Å²) < 4.78 is 40.1. The predicted octanol–water partition coefficient (Wildman–Crippen LogP) is 3.61. The summed E-state index contributed by atoms with van der Waals surface area (Å²) in [5.41, 5.74) is -0.274. The first-order chi connectivity index (χ1) is 10.8. The van der Waals surface area contributed by atoms with E-state index in [4.69, 9.17) is 5.26 Å². The van der Waals surface area contributed by atoms with E-state index in [0.29, 0.717) is 12.2 Å². The molecule has 1 aromatic carbocycles. The molecule has 0 radical (unpaired) electrons. The Morgan fingerprint density at radius 1 is 1.35 bits per heavy atom. The number of hydrogen-bond acceptors (Lipinski definition) is 3. The lowest BCUT2D eigenvalue weighted by atomic mass is 10.1. The zero-order chi connectivity index (χ0) is 17.0. The number of benzene rings is 1. The summed E-state index contributed by atoms with van der Waals surface area (Å²) in [5, 5.41) is 9.11. The van der Waals surface area contributed by atoms with Crippen molar-refractivity contribution in [2.75, 3.05) is 18.5 Å². The third kappa shape index (κ3) is 4.03. The van der Waals surface area contributed by atoms with Crippen LogP contribution in [-0.2, 0) is 12.7 Å². The molecule has 2 rings (SSSR count). The maximum absolute atomic E-state index is 12.7. The van der Waals surface area contributed by atoms with Crippen molar-refractivity contribution in [2.45, 2.75) is 26.1 Å². The van der Waals surface area contributed by atoms with E-state index in [9.17, 15) is 13.2 Å². The van der Waals surface area contributed by atoms with Crippen LogP contribution in [0.3, 0.4) is 0 Å². The summed E-state index contributed by atoms with van der Waals surface area (Å²) in [6.07, 6.45) is -0.0435. The minimum atomic E-state index is -4.44. The molecule has 0 aliphatic heterocycles. The highest BCUT2D eigenvalue weighted by atomic mass is 19.4. The van der Waals surface area contributed by atoms with Gasteiger partial charge >= 0.3 is 6.18 Å². The molecule has 23 heavy (non-hydrogen) atoms. The fourth-order valence-corrected chi connectivity index (χ4v) is 2.37. The molecule has 0 aliphatic rings. The first-order valence-electron chi connectivity index (χ1n) is 7.13. The van der Waals surface area contributed by atoms with Gasteiger partial charge in [-0.1, -0.05) is 0 Å². The van der Waals surface area contributed by atoms with Gasteiger partial charge in [-0.25, -0.2) is 4.98 Å². The molecule has 0 fully saturated rings. The minimum Gasteiger partial charge on any atom is -0.373 e. The number of imidazole rings is 1. The fourth-order valence-electron chi connectivity index (χ4n) is 2.37. The molecule has 122 valence electrons. The van der Waals surface area contributed by atoms with Gasteiger partial charge in [-0.15, -0.1) is 0 Å². The van der Waals surface area contributed by atoms with Gasteiger partial charge in [-0.3, -0.25) is 0 Å².